The lowest BCUT2D eigenvalue weighted by atomic mass is 10.1. The van der Waals surface area contributed by atoms with Gasteiger partial charge >= 0.3 is 12.5 Å². The number of pyridine rings is 1. The van der Waals surface area contributed by atoms with Gasteiger partial charge in [0.15, 0.2) is 6.29 Å². The van der Waals surface area contributed by atoms with E-state index >= 15 is 0 Å². The molecule has 0 atom stereocenters. The molecule has 0 fully saturated rings. The average Bonchev–Trinajstić information content (AvgIpc) is 2.23. The number of alkyl halides is 6. The standard InChI is InChI=1S/C9H5F6NO3/c1-18-7-6(8(10,11)12)4(3-17)2-5(16-7)19-9(13,14)15/h2-3H,1H3. The highest BCUT2D eigenvalue weighted by Crippen LogP contribution is 2.39. The smallest absolute Gasteiger partial charge is 0.480 e. The fourth-order valence-electron chi connectivity index (χ4n) is 1.21. The lowest BCUT2D eigenvalue weighted by molar-refractivity contribution is -0.276. The van der Waals surface area contributed by atoms with E-state index in [1.165, 1.54) is 0 Å². The molecule has 0 aliphatic carbocycles. The van der Waals surface area contributed by atoms with E-state index in [-0.39, 0.29) is 12.4 Å². The van der Waals surface area contributed by atoms with Gasteiger partial charge in [-0.3, -0.25) is 4.79 Å². The molecule has 0 saturated carbocycles. The van der Waals surface area contributed by atoms with E-state index in [9.17, 15) is 31.1 Å². The van der Waals surface area contributed by atoms with E-state index in [1.807, 2.05) is 0 Å². The number of aldehydes is 1. The first kappa shape index (κ1) is 15.1. The molecular formula is C9H5F6NO3. The Morgan fingerprint density at radius 2 is 1.79 bits per heavy atom. The van der Waals surface area contributed by atoms with Gasteiger partial charge in [0.05, 0.1) is 7.11 Å². The zero-order chi connectivity index (χ0) is 14.8. The first-order valence-electron chi connectivity index (χ1n) is 4.45. The van der Waals surface area contributed by atoms with Gasteiger partial charge in [0.25, 0.3) is 0 Å². The van der Waals surface area contributed by atoms with Crippen LogP contribution in [0.2, 0.25) is 0 Å². The van der Waals surface area contributed by atoms with Gasteiger partial charge in [0.1, 0.15) is 5.56 Å². The highest BCUT2D eigenvalue weighted by molar-refractivity contribution is 5.79. The van der Waals surface area contributed by atoms with Crippen molar-refractivity contribution in [2.75, 3.05) is 7.11 Å². The second-order valence-electron chi connectivity index (χ2n) is 3.10. The van der Waals surface area contributed by atoms with Crippen molar-refractivity contribution in [3.63, 3.8) is 0 Å². The van der Waals surface area contributed by atoms with Crippen molar-refractivity contribution in [1.29, 1.82) is 0 Å². The maximum atomic E-state index is 12.6. The molecule has 1 heterocycles. The van der Waals surface area contributed by atoms with Crippen molar-refractivity contribution in [1.82, 2.24) is 4.98 Å². The molecule has 0 radical (unpaired) electrons. The van der Waals surface area contributed by atoms with E-state index in [4.69, 9.17) is 0 Å². The molecule has 106 valence electrons. The quantitative estimate of drug-likeness (QED) is 0.634. The molecule has 1 aromatic rings. The number of methoxy groups -OCH3 is 1. The Morgan fingerprint density at radius 3 is 2.16 bits per heavy atom. The summed E-state index contributed by atoms with van der Waals surface area (Å²) in [4.78, 5) is 13.4. The van der Waals surface area contributed by atoms with Crippen LogP contribution in [0.3, 0.4) is 0 Å². The Balaban J connectivity index is 3.41. The second-order valence-corrected chi connectivity index (χ2v) is 3.10. The largest absolute Gasteiger partial charge is 0.574 e. The van der Waals surface area contributed by atoms with Gasteiger partial charge in [-0.15, -0.1) is 13.2 Å². The van der Waals surface area contributed by atoms with Crippen LogP contribution in [0.4, 0.5) is 26.3 Å². The number of ether oxygens (including phenoxy) is 2. The number of rotatable bonds is 3. The minimum atomic E-state index is -5.15. The van der Waals surface area contributed by atoms with Gasteiger partial charge < -0.3 is 9.47 Å². The molecule has 0 aliphatic rings. The van der Waals surface area contributed by atoms with Gasteiger partial charge in [0.2, 0.25) is 11.8 Å². The van der Waals surface area contributed by atoms with Crippen LogP contribution in [0.5, 0.6) is 11.8 Å². The highest BCUT2D eigenvalue weighted by Gasteiger charge is 2.40. The van der Waals surface area contributed by atoms with Crippen LogP contribution in [0.1, 0.15) is 15.9 Å². The van der Waals surface area contributed by atoms with Crippen LogP contribution >= 0.6 is 0 Å². The number of hydrogen-bond donors (Lipinski definition) is 0. The molecule has 0 aliphatic heterocycles. The number of aromatic nitrogens is 1. The van der Waals surface area contributed by atoms with E-state index in [0.717, 1.165) is 7.11 Å². The first-order valence-corrected chi connectivity index (χ1v) is 4.45. The van der Waals surface area contributed by atoms with E-state index in [1.54, 1.807) is 0 Å². The molecule has 4 nitrogen and oxygen atoms in total. The fourth-order valence-corrected chi connectivity index (χ4v) is 1.21. The Kier molecular flexibility index (Phi) is 3.91. The van der Waals surface area contributed by atoms with Crippen LogP contribution < -0.4 is 9.47 Å². The van der Waals surface area contributed by atoms with Crippen LogP contribution in [0.15, 0.2) is 6.07 Å². The minimum Gasteiger partial charge on any atom is -0.480 e. The zero-order valence-corrected chi connectivity index (χ0v) is 9.09. The van der Waals surface area contributed by atoms with Crippen LogP contribution in [0, 0.1) is 0 Å². The molecule has 0 spiro atoms. The van der Waals surface area contributed by atoms with E-state index < -0.39 is 35.4 Å². The summed E-state index contributed by atoms with van der Waals surface area (Å²) in [6, 6.07) is 0.228. The number of carbonyl (C=O) groups is 1. The number of carbonyl (C=O) groups excluding carboxylic acids is 1. The van der Waals surface area contributed by atoms with E-state index in [0.29, 0.717) is 0 Å². The summed E-state index contributed by atoms with van der Waals surface area (Å²) in [5.41, 5.74) is -2.64. The van der Waals surface area contributed by atoms with Crippen LogP contribution in [-0.4, -0.2) is 24.7 Å². The maximum absolute atomic E-state index is 12.6. The van der Waals surface area contributed by atoms with Crippen molar-refractivity contribution in [2.45, 2.75) is 12.5 Å². The summed E-state index contributed by atoms with van der Waals surface area (Å²) in [6.45, 7) is 0. The molecule has 0 N–H and O–H groups in total. The van der Waals surface area contributed by atoms with Crippen molar-refractivity contribution in [3.05, 3.63) is 17.2 Å². The molecule has 0 amide bonds. The Bertz CT molecular complexity index is 482. The molecule has 0 unspecified atom stereocenters. The van der Waals surface area contributed by atoms with Crippen molar-refractivity contribution >= 4 is 6.29 Å². The molecule has 1 aromatic heterocycles. The molecule has 0 saturated heterocycles. The lowest BCUT2D eigenvalue weighted by Gasteiger charge is -2.15. The lowest BCUT2D eigenvalue weighted by Crippen LogP contribution is -2.19. The SMILES string of the molecule is COc1nc(OC(F)(F)F)cc(C=O)c1C(F)(F)F. The van der Waals surface area contributed by atoms with Gasteiger partial charge in [-0.25, -0.2) is 0 Å². The third-order valence-corrected chi connectivity index (χ3v) is 1.82. The Hall–Kier alpha value is -2.00. The molecule has 0 bridgehead atoms. The molecule has 1 rings (SSSR count). The first-order chi connectivity index (χ1) is 8.58. The third-order valence-electron chi connectivity index (χ3n) is 1.82. The summed E-state index contributed by atoms with van der Waals surface area (Å²) >= 11 is 0. The summed E-state index contributed by atoms with van der Waals surface area (Å²) in [5, 5.41) is 0. The predicted molar refractivity (Wildman–Crippen MR) is 47.9 cm³/mol. The predicted octanol–water partition coefficient (Wildman–Crippen LogP) is 2.82. The summed E-state index contributed by atoms with van der Waals surface area (Å²) in [7, 11) is 0.767. The Labute approximate surface area is 101 Å². The third kappa shape index (κ3) is 3.73. The summed E-state index contributed by atoms with van der Waals surface area (Å²) < 4.78 is 81.2. The maximum Gasteiger partial charge on any atom is 0.574 e. The summed E-state index contributed by atoms with van der Waals surface area (Å²) in [6.07, 6.45) is -10.4. The molecule has 0 aromatic carbocycles. The van der Waals surface area contributed by atoms with Gasteiger partial charge in [-0.2, -0.15) is 18.2 Å². The minimum absolute atomic E-state index is 0.228. The van der Waals surface area contributed by atoms with Gasteiger partial charge in [-0.05, 0) is 0 Å². The van der Waals surface area contributed by atoms with Crippen molar-refractivity contribution in [3.8, 4) is 11.8 Å². The summed E-state index contributed by atoms with van der Waals surface area (Å²) in [5.74, 6) is -2.41. The fraction of sp³-hybridized carbons (Fsp3) is 0.333. The average molecular weight is 289 g/mol. The molecule has 10 heteroatoms. The van der Waals surface area contributed by atoms with Gasteiger partial charge in [-0.1, -0.05) is 0 Å². The van der Waals surface area contributed by atoms with Crippen molar-refractivity contribution < 1.29 is 40.6 Å². The number of halogens is 6. The normalized spacial score (nSPS) is 12.2. The Morgan fingerprint density at radius 1 is 1.21 bits per heavy atom. The van der Waals surface area contributed by atoms with E-state index in [2.05, 4.69) is 14.5 Å². The van der Waals surface area contributed by atoms with Crippen LogP contribution in [-0.2, 0) is 6.18 Å². The molecule has 19 heavy (non-hydrogen) atoms. The topological polar surface area (TPSA) is 48.4 Å². The zero-order valence-electron chi connectivity index (χ0n) is 9.09. The van der Waals surface area contributed by atoms with Crippen molar-refractivity contribution in [2.24, 2.45) is 0 Å². The molecular weight excluding hydrogens is 284 g/mol. The monoisotopic (exact) mass is 289 g/mol. The number of nitrogens with zero attached hydrogens (tertiary/aromatic N) is 1. The highest BCUT2D eigenvalue weighted by atomic mass is 19.4. The van der Waals surface area contributed by atoms with Gasteiger partial charge in [0, 0.05) is 11.6 Å². The second kappa shape index (κ2) is 4.94. The van der Waals surface area contributed by atoms with Crippen LogP contribution in [0.25, 0.3) is 0 Å². The number of hydrogen-bond acceptors (Lipinski definition) is 4.